The Morgan fingerprint density at radius 2 is 2.42 bits per heavy atom. The smallest absolute Gasteiger partial charge is 0.0585 e. The largest absolute Gasteiger partial charge is 0.395 e. The summed E-state index contributed by atoms with van der Waals surface area (Å²) in [6, 6.07) is -0.00754. The number of nitrogens with two attached hydrogens (primary N) is 1. The van der Waals surface area contributed by atoms with E-state index in [0.29, 0.717) is 5.92 Å². The Morgan fingerprint density at radius 3 is 3.00 bits per heavy atom. The van der Waals surface area contributed by atoms with Crippen LogP contribution in [0.3, 0.4) is 0 Å². The molecule has 0 saturated carbocycles. The number of likely N-dealkylation sites (tertiary alicyclic amines) is 1. The maximum Gasteiger partial charge on any atom is 0.0585 e. The van der Waals surface area contributed by atoms with Gasteiger partial charge in [-0.15, -0.1) is 0 Å². The van der Waals surface area contributed by atoms with Gasteiger partial charge in [-0.05, 0) is 31.8 Å². The predicted octanol–water partition coefficient (Wildman–Crippen LogP) is 0.0379. The van der Waals surface area contributed by atoms with Gasteiger partial charge < -0.3 is 15.7 Å². The van der Waals surface area contributed by atoms with Crippen LogP contribution in [0.2, 0.25) is 0 Å². The fourth-order valence-electron chi connectivity index (χ4n) is 1.88. The summed E-state index contributed by atoms with van der Waals surface area (Å²) in [7, 11) is 0. The molecule has 1 aliphatic heterocycles. The number of hydrogen-bond acceptors (Lipinski definition) is 3. The SMILES string of the molecule is CCCN1CCC(C(N)CO)C1. The van der Waals surface area contributed by atoms with Gasteiger partial charge in [-0.25, -0.2) is 0 Å². The van der Waals surface area contributed by atoms with Crippen molar-refractivity contribution < 1.29 is 5.11 Å². The highest BCUT2D eigenvalue weighted by Crippen LogP contribution is 2.18. The number of aliphatic hydroxyl groups is 1. The molecule has 2 atom stereocenters. The first-order valence-corrected chi connectivity index (χ1v) is 4.86. The molecule has 72 valence electrons. The van der Waals surface area contributed by atoms with E-state index >= 15 is 0 Å². The number of aliphatic hydroxyl groups excluding tert-OH is 1. The monoisotopic (exact) mass is 172 g/mol. The van der Waals surface area contributed by atoms with Crippen LogP contribution in [0.1, 0.15) is 19.8 Å². The highest BCUT2D eigenvalue weighted by molar-refractivity contribution is 4.82. The lowest BCUT2D eigenvalue weighted by molar-refractivity contribution is 0.222. The topological polar surface area (TPSA) is 49.5 Å². The third kappa shape index (κ3) is 2.44. The maximum absolute atomic E-state index is 8.87. The second-order valence-electron chi connectivity index (χ2n) is 3.70. The molecule has 1 fully saturated rings. The lowest BCUT2D eigenvalue weighted by atomic mass is 10.0. The second kappa shape index (κ2) is 4.80. The molecule has 0 spiro atoms. The minimum absolute atomic E-state index is 0.00754. The molecular weight excluding hydrogens is 152 g/mol. The Balaban J connectivity index is 2.25. The Bertz CT molecular complexity index is 130. The molecule has 0 aromatic carbocycles. The van der Waals surface area contributed by atoms with Gasteiger partial charge in [-0.3, -0.25) is 0 Å². The van der Waals surface area contributed by atoms with Crippen molar-refractivity contribution in [2.75, 3.05) is 26.2 Å². The first-order valence-electron chi connectivity index (χ1n) is 4.86. The molecule has 0 aliphatic carbocycles. The molecular formula is C9H20N2O. The van der Waals surface area contributed by atoms with Crippen molar-refractivity contribution in [2.24, 2.45) is 11.7 Å². The van der Waals surface area contributed by atoms with Gasteiger partial charge in [-0.1, -0.05) is 6.92 Å². The second-order valence-corrected chi connectivity index (χ2v) is 3.70. The molecule has 1 saturated heterocycles. The molecule has 1 rings (SSSR count). The van der Waals surface area contributed by atoms with E-state index in [4.69, 9.17) is 10.8 Å². The fourth-order valence-corrected chi connectivity index (χ4v) is 1.88. The summed E-state index contributed by atoms with van der Waals surface area (Å²) < 4.78 is 0. The summed E-state index contributed by atoms with van der Waals surface area (Å²) in [5.41, 5.74) is 5.76. The van der Waals surface area contributed by atoms with E-state index in [1.807, 2.05) is 0 Å². The highest BCUT2D eigenvalue weighted by atomic mass is 16.3. The van der Waals surface area contributed by atoms with Gasteiger partial charge in [0.25, 0.3) is 0 Å². The summed E-state index contributed by atoms with van der Waals surface area (Å²) in [5, 5.41) is 8.87. The molecule has 3 N–H and O–H groups in total. The third-order valence-corrected chi connectivity index (χ3v) is 2.66. The summed E-state index contributed by atoms with van der Waals surface area (Å²) >= 11 is 0. The van der Waals surface area contributed by atoms with Crippen LogP contribution in [-0.2, 0) is 0 Å². The molecule has 0 bridgehead atoms. The number of nitrogens with zero attached hydrogens (tertiary/aromatic N) is 1. The van der Waals surface area contributed by atoms with Gasteiger partial charge in [-0.2, -0.15) is 0 Å². The lowest BCUT2D eigenvalue weighted by Crippen LogP contribution is -2.35. The van der Waals surface area contributed by atoms with E-state index in [2.05, 4.69) is 11.8 Å². The van der Waals surface area contributed by atoms with Crippen molar-refractivity contribution in [3.8, 4) is 0 Å². The molecule has 0 aromatic rings. The van der Waals surface area contributed by atoms with Crippen LogP contribution in [0.5, 0.6) is 0 Å². The van der Waals surface area contributed by atoms with Crippen molar-refractivity contribution >= 4 is 0 Å². The van der Waals surface area contributed by atoms with Crippen molar-refractivity contribution in [3.63, 3.8) is 0 Å². The van der Waals surface area contributed by atoms with Crippen molar-refractivity contribution in [3.05, 3.63) is 0 Å². The normalized spacial score (nSPS) is 27.8. The lowest BCUT2D eigenvalue weighted by Gasteiger charge is -2.18. The molecule has 3 nitrogen and oxygen atoms in total. The molecule has 0 radical (unpaired) electrons. The summed E-state index contributed by atoms with van der Waals surface area (Å²) in [4.78, 5) is 2.43. The Hall–Kier alpha value is -0.120. The molecule has 0 amide bonds. The third-order valence-electron chi connectivity index (χ3n) is 2.66. The predicted molar refractivity (Wildman–Crippen MR) is 49.9 cm³/mol. The summed E-state index contributed by atoms with van der Waals surface area (Å²) in [6.45, 7) is 5.74. The molecule has 2 unspecified atom stereocenters. The highest BCUT2D eigenvalue weighted by Gasteiger charge is 2.25. The zero-order valence-electron chi connectivity index (χ0n) is 7.87. The zero-order valence-corrected chi connectivity index (χ0v) is 7.87. The van der Waals surface area contributed by atoms with Crippen molar-refractivity contribution in [2.45, 2.75) is 25.8 Å². The van der Waals surface area contributed by atoms with Gasteiger partial charge in [0, 0.05) is 12.6 Å². The van der Waals surface area contributed by atoms with Gasteiger partial charge in [0.15, 0.2) is 0 Å². The van der Waals surface area contributed by atoms with Crippen LogP contribution in [0.15, 0.2) is 0 Å². The van der Waals surface area contributed by atoms with Gasteiger partial charge in [0.2, 0.25) is 0 Å². The molecule has 0 aromatic heterocycles. The Labute approximate surface area is 74.5 Å². The molecule has 12 heavy (non-hydrogen) atoms. The molecule has 3 heteroatoms. The minimum Gasteiger partial charge on any atom is -0.395 e. The van der Waals surface area contributed by atoms with Crippen LogP contribution < -0.4 is 5.73 Å². The van der Waals surface area contributed by atoms with Crippen LogP contribution in [0.4, 0.5) is 0 Å². The van der Waals surface area contributed by atoms with Crippen LogP contribution in [-0.4, -0.2) is 42.3 Å². The van der Waals surface area contributed by atoms with Crippen LogP contribution in [0, 0.1) is 5.92 Å². The van der Waals surface area contributed by atoms with Crippen LogP contribution >= 0.6 is 0 Å². The average Bonchev–Trinajstić information content (AvgIpc) is 2.52. The minimum atomic E-state index is -0.00754. The maximum atomic E-state index is 8.87. The first-order chi connectivity index (χ1) is 5.77. The van der Waals surface area contributed by atoms with Crippen molar-refractivity contribution in [1.29, 1.82) is 0 Å². The first kappa shape index (κ1) is 9.96. The van der Waals surface area contributed by atoms with E-state index in [9.17, 15) is 0 Å². The van der Waals surface area contributed by atoms with Crippen molar-refractivity contribution in [1.82, 2.24) is 4.90 Å². The zero-order chi connectivity index (χ0) is 8.97. The van der Waals surface area contributed by atoms with Gasteiger partial charge in [0.05, 0.1) is 6.61 Å². The van der Waals surface area contributed by atoms with Gasteiger partial charge in [0.1, 0.15) is 0 Å². The Kier molecular flexibility index (Phi) is 3.98. The summed E-state index contributed by atoms with van der Waals surface area (Å²) in [5.74, 6) is 0.515. The van der Waals surface area contributed by atoms with Gasteiger partial charge >= 0.3 is 0 Å². The fraction of sp³-hybridized carbons (Fsp3) is 1.00. The Morgan fingerprint density at radius 1 is 1.67 bits per heavy atom. The molecule has 1 aliphatic rings. The van der Waals surface area contributed by atoms with E-state index in [-0.39, 0.29) is 12.6 Å². The summed E-state index contributed by atoms with van der Waals surface area (Å²) in [6.07, 6.45) is 2.36. The number of hydrogen-bond donors (Lipinski definition) is 2. The standard InChI is InChI=1S/C9H20N2O/c1-2-4-11-5-3-8(6-11)9(10)7-12/h8-9,12H,2-7,10H2,1H3. The number of rotatable bonds is 4. The van der Waals surface area contributed by atoms with E-state index in [1.54, 1.807) is 0 Å². The molecule has 1 heterocycles. The van der Waals surface area contributed by atoms with E-state index < -0.39 is 0 Å². The average molecular weight is 172 g/mol. The van der Waals surface area contributed by atoms with Crippen LogP contribution in [0.25, 0.3) is 0 Å². The van der Waals surface area contributed by atoms with E-state index in [0.717, 1.165) is 19.5 Å². The van der Waals surface area contributed by atoms with E-state index in [1.165, 1.54) is 13.0 Å². The quantitative estimate of drug-likeness (QED) is 0.629.